The molecule has 1 aliphatic rings. The van der Waals surface area contributed by atoms with E-state index < -0.39 is 10.0 Å². The SMILES string of the molecule is Cn1c(=O)sc2cc(S(=O)(=O)N3CCN(C(c4ccccc4)c4ccccc4)CC3)ccc21. The quantitative estimate of drug-likeness (QED) is 0.438. The lowest BCUT2D eigenvalue weighted by atomic mass is 9.96. The van der Waals surface area contributed by atoms with Crippen molar-refractivity contribution in [1.82, 2.24) is 13.8 Å². The van der Waals surface area contributed by atoms with Gasteiger partial charge in [-0.3, -0.25) is 9.69 Å². The van der Waals surface area contributed by atoms with Crippen LogP contribution in [0.1, 0.15) is 17.2 Å². The van der Waals surface area contributed by atoms with E-state index >= 15 is 0 Å². The summed E-state index contributed by atoms with van der Waals surface area (Å²) in [4.78, 5) is 14.4. The molecule has 0 N–H and O–H groups in total. The first kappa shape index (κ1) is 22.0. The zero-order chi connectivity index (χ0) is 23.0. The molecule has 0 bridgehead atoms. The van der Waals surface area contributed by atoms with Crippen LogP contribution in [0.3, 0.4) is 0 Å². The Kier molecular flexibility index (Phi) is 5.92. The molecule has 5 rings (SSSR count). The van der Waals surface area contributed by atoms with Crippen LogP contribution in [0.25, 0.3) is 10.2 Å². The van der Waals surface area contributed by atoms with E-state index in [2.05, 4.69) is 29.2 Å². The van der Waals surface area contributed by atoms with Crippen LogP contribution in [0, 0.1) is 0 Å². The molecule has 33 heavy (non-hydrogen) atoms. The zero-order valence-corrected chi connectivity index (χ0v) is 19.9. The fourth-order valence-corrected chi connectivity index (χ4v) is 6.95. The van der Waals surface area contributed by atoms with Crippen molar-refractivity contribution in [2.75, 3.05) is 26.2 Å². The maximum Gasteiger partial charge on any atom is 0.307 e. The van der Waals surface area contributed by atoms with Crippen LogP contribution >= 0.6 is 11.3 Å². The van der Waals surface area contributed by atoms with Gasteiger partial charge in [0.05, 0.1) is 21.2 Å². The van der Waals surface area contributed by atoms with Gasteiger partial charge in [0, 0.05) is 33.2 Å². The van der Waals surface area contributed by atoms with E-state index in [9.17, 15) is 13.2 Å². The molecule has 1 fully saturated rings. The molecule has 2 heterocycles. The lowest BCUT2D eigenvalue weighted by Crippen LogP contribution is -2.49. The minimum Gasteiger partial charge on any atom is -0.302 e. The minimum absolute atomic E-state index is 0.0789. The second-order valence-corrected chi connectivity index (χ2v) is 11.2. The van der Waals surface area contributed by atoms with Crippen molar-refractivity contribution in [2.24, 2.45) is 7.05 Å². The standard InChI is InChI=1S/C25H25N3O3S2/c1-26-22-13-12-21(18-23(22)32-25(26)29)33(30,31)28-16-14-27(15-17-28)24(19-8-4-2-5-9-19)20-10-6-3-7-11-20/h2-13,18,24H,14-17H2,1H3. The molecular weight excluding hydrogens is 454 g/mol. The van der Waals surface area contributed by atoms with Gasteiger partial charge in [0.25, 0.3) is 0 Å². The maximum atomic E-state index is 13.4. The van der Waals surface area contributed by atoms with Crippen LogP contribution in [0.4, 0.5) is 0 Å². The van der Waals surface area contributed by atoms with E-state index in [1.807, 2.05) is 36.4 Å². The van der Waals surface area contributed by atoms with Crippen LogP contribution in [-0.4, -0.2) is 48.4 Å². The molecule has 1 aromatic heterocycles. The Morgan fingerprint density at radius 2 is 1.39 bits per heavy atom. The summed E-state index contributed by atoms with van der Waals surface area (Å²) < 4.78 is 30.5. The van der Waals surface area contributed by atoms with Crippen LogP contribution in [0.15, 0.2) is 88.6 Å². The van der Waals surface area contributed by atoms with Gasteiger partial charge in [-0.2, -0.15) is 4.31 Å². The molecule has 0 spiro atoms. The van der Waals surface area contributed by atoms with E-state index in [1.54, 1.807) is 34.1 Å². The number of aromatic nitrogens is 1. The van der Waals surface area contributed by atoms with Crippen molar-refractivity contribution in [3.8, 4) is 0 Å². The van der Waals surface area contributed by atoms with Gasteiger partial charge in [-0.15, -0.1) is 0 Å². The molecule has 6 nitrogen and oxygen atoms in total. The molecular formula is C25H25N3O3S2. The van der Waals surface area contributed by atoms with Gasteiger partial charge >= 0.3 is 4.87 Å². The van der Waals surface area contributed by atoms with Crippen molar-refractivity contribution in [3.63, 3.8) is 0 Å². The number of nitrogens with zero attached hydrogens (tertiary/aromatic N) is 3. The number of aryl methyl sites for hydroxylation is 1. The molecule has 8 heteroatoms. The molecule has 0 aliphatic carbocycles. The van der Waals surface area contributed by atoms with Gasteiger partial charge in [-0.05, 0) is 29.3 Å². The van der Waals surface area contributed by atoms with Gasteiger partial charge in [0.1, 0.15) is 0 Å². The Bertz CT molecular complexity index is 1380. The lowest BCUT2D eigenvalue weighted by molar-refractivity contribution is 0.156. The summed E-state index contributed by atoms with van der Waals surface area (Å²) >= 11 is 1.07. The Morgan fingerprint density at radius 3 is 1.97 bits per heavy atom. The predicted octanol–water partition coefficient (Wildman–Crippen LogP) is 3.70. The van der Waals surface area contributed by atoms with Crippen molar-refractivity contribution >= 4 is 31.6 Å². The molecule has 0 unspecified atom stereocenters. The number of fused-ring (bicyclic) bond motifs is 1. The largest absolute Gasteiger partial charge is 0.307 e. The number of hydrogen-bond donors (Lipinski definition) is 0. The fraction of sp³-hybridized carbons (Fsp3) is 0.240. The van der Waals surface area contributed by atoms with Crippen molar-refractivity contribution in [2.45, 2.75) is 10.9 Å². The van der Waals surface area contributed by atoms with E-state index in [-0.39, 0.29) is 15.8 Å². The van der Waals surface area contributed by atoms with E-state index in [1.165, 1.54) is 11.1 Å². The Hall–Kier alpha value is -2.78. The van der Waals surface area contributed by atoms with Crippen molar-refractivity contribution in [3.05, 3.63) is 99.7 Å². The molecule has 170 valence electrons. The fourth-order valence-electron chi connectivity index (χ4n) is 4.51. The molecule has 3 aromatic carbocycles. The third-order valence-electron chi connectivity index (χ3n) is 6.27. The number of benzene rings is 3. The summed E-state index contributed by atoms with van der Waals surface area (Å²) in [6, 6.07) is 25.7. The van der Waals surface area contributed by atoms with Crippen LogP contribution in [-0.2, 0) is 17.1 Å². The summed E-state index contributed by atoms with van der Waals surface area (Å²) in [5.74, 6) is 0. The van der Waals surface area contributed by atoms with Gasteiger partial charge in [-0.1, -0.05) is 72.0 Å². The van der Waals surface area contributed by atoms with Gasteiger partial charge in [-0.25, -0.2) is 8.42 Å². The molecule has 0 saturated carbocycles. The Balaban J connectivity index is 1.39. The molecule has 0 atom stereocenters. The van der Waals surface area contributed by atoms with E-state index in [4.69, 9.17) is 0 Å². The van der Waals surface area contributed by atoms with Crippen molar-refractivity contribution in [1.29, 1.82) is 0 Å². The van der Waals surface area contributed by atoms with E-state index in [0.29, 0.717) is 30.9 Å². The molecule has 0 radical (unpaired) electrons. The van der Waals surface area contributed by atoms with Crippen molar-refractivity contribution < 1.29 is 8.42 Å². The third-order valence-corrected chi connectivity index (χ3v) is 9.16. The molecule has 4 aromatic rings. The Morgan fingerprint density at radius 1 is 0.818 bits per heavy atom. The topological polar surface area (TPSA) is 62.6 Å². The van der Waals surface area contributed by atoms with Crippen LogP contribution in [0.2, 0.25) is 0 Å². The maximum absolute atomic E-state index is 13.4. The van der Waals surface area contributed by atoms with Gasteiger partial charge < -0.3 is 4.57 Å². The highest BCUT2D eigenvalue weighted by Crippen LogP contribution is 2.31. The monoisotopic (exact) mass is 479 g/mol. The molecule has 1 saturated heterocycles. The second-order valence-electron chi connectivity index (χ2n) is 8.22. The summed E-state index contributed by atoms with van der Waals surface area (Å²) in [7, 11) is -1.93. The van der Waals surface area contributed by atoms with Crippen LogP contribution < -0.4 is 4.87 Å². The summed E-state index contributed by atoms with van der Waals surface area (Å²) in [5.41, 5.74) is 3.15. The minimum atomic E-state index is -3.63. The average molecular weight is 480 g/mol. The highest BCUT2D eigenvalue weighted by molar-refractivity contribution is 7.89. The number of sulfonamides is 1. The zero-order valence-electron chi connectivity index (χ0n) is 18.3. The molecule has 0 amide bonds. The van der Waals surface area contributed by atoms with E-state index in [0.717, 1.165) is 16.9 Å². The number of hydrogen-bond acceptors (Lipinski definition) is 5. The number of rotatable bonds is 5. The van der Waals surface area contributed by atoms with Crippen LogP contribution in [0.5, 0.6) is 0 Å². The third kappa shape index (κ3) is 4.15. The van der Waals surface area contributed by atoms with Gasteiger partial charge in [0.15, 0.2) is 0 Å². The first-order valence-corrected chi connectivity index (χ1v) is 13.1. The summed E-state index contributed by atoms with van der Waals surface area (Å²) in [6.07, 6.45) is 0. The highest BCUT2D eigenvalue weighted by Gasteiger charge is 2.32. The first-order valence-electron chi connectivity index (χ1n) is 10.9. The Labute approximate surface area is 197 Å². The summed E-state index contributed by atoms with van der Waals surface area (Å²) in [5, 5.41) is 0. The predicted molar refractivity (Wildman–Crippen MR) is 132 cm³/mol. The number of thiazole rings is 1. The van der Waals surface area contributed by atoms with Gasteiger partial charge in [0.2, 0.25) is 10.0 Å². The smallest absolute Gasteiger partial charge is 0.302 e. The normalized spacial score (nSPS) is 15.9. The highest BCUT2D eigenvalue weighted by atomic mass is 32.2. The molecule has 1 aliphatic heterocycles. The second kappa shape index (κ2) is 8.87. The lowest BCUT2D eigenvalue weighted by Gasteiger charge is -2.39. The number of piperazine rings is 1. The first-order chi connectivity index (χ1) is 15.9. The summed E-state index contributed by atoms with van der Waals surface area (Å²) in [6.45, 7) is 2.10. The average Bonchev–Trinajstić information content (AvgIpc) is 3.14.